The summed E-state index contributed by atoms with van der Waals surface area (Å²) >= 11 is 0. The number of aromatic nitrogens is 5. The topological polar surface area (TPSA) is 92.1 Å². The molecule has 2 unspecified atom stereocenters. The Kier molecular flexibility index (Phi) is 4.40. The first-order chi connectivity index (χ1) is 14.7. The van der Waals surface area contributed by atoms with E-state index in [0.29, 0.717) is 23.4 Å². The van der Waals surface area contributed by atoms with Crippen LogP contribution in [0.5, 0.6) is 0 Å². The molecule has 3 aromatic heterocycles. The number of carbonyl (C=O) groups is 1. The van der Waals surface area contributed by atoms with Gasteiger partial charge in [-0.2, -0.15) is 8.78 Å². The van der Waals surface area contributed by atoms with Gasteiger partial charge in [0, 0.05) is 63.5 Å². The standard InChI is InChI=1S/C20H22F2N8O/c1-11(31)25-16-7-15-14(8-24-16)18(29-9-12-6-13(10-29)28(12)3)27-30(15)17-4-5-23-19(26-17)20(2,21)22/h4-5,7-8,12-13H,6,9-10H2,1-3H3,(H,24,25,31). The molecule has 3 saturated heterocycles. The van der Waals surface area contributed by atoms with Gasteiger partial charge in [0.25, 0.3) is 0 Å². The SMILES string of the molecule is CC(=O)Nc1cc2c(cn1)c(N1CC3CC(C1)N3C)nn2-c1ccnc(C(C)(F)F)n1. The first-order valence-electron chi connectivity index (χ1n) is 10.1. The smallest absolute Gasteiger partial charge is 0.303 e. The molecule has 162 valence electrons. The van der Waals surface area contributed by atoms with Crippen LogP contribution in [0, 0.1) is 0 Å². The minimum Gasteiger partial charge on any atom is -0.351 e. The van der Waals surface area contributed by atoms with E-state index in [1.54, 1.807) is 12.3 Å². The van der Waals surface area contributed by atoms with Crippen LogP contribution in [-0.2, 0) is 10.7 Å². The molecule has 3 aliphatic heterocycles. The molecular weight excluding hydrogens is 406 g/mol. The zero-order valence-corrected chi connectivity index (χ0v) is 17.4. The molecule has 9 nitrogen and oxygen atoms in total. The van der Waals surface area contributed by atoms with E-state index in [1.807, 2.05) is 0 Å². The Morgan fingerprint density at radius 2 is 2.00 bits per heavy atom. The van der Waals surface area contributed by atoms with E-state index in [1.165, 1.54) is 23.9 Å². The number of piperazine rings is 1. The summed E-state index contributed by atoms with van der Waals surface area (Å²) in [6.07, 6.45) is 4.11. The van der Waals surface area contributed by atoms with Gasteiger partial charge in [-0.3, -0.25) is 9.69 Å². The molecule has 0 spiro atoms. The van der Waals surface area contributed by atoms with E-state index in [2.05, 4.69) is 37.1 Å². The van der Waals surface area contributed by atoms with Crippen LogP contribution in [0.15, 0.2) is 24.5 Å². The second-order valence-corrected chi connectivity index (χ2v) is 8.24. The van der Waals surface area contributed by atoms with E-state index in [-0.39, 0.29) is 11.7 Å². The van der Waals surface area contributed by atoms with Crippen molar-refractivity contribution in [3.05, 3.63) is 30.4 Å². The number of piperidine rings is 1. The monoisotopic (exact) mass is 428 g/mol. The number of nitrogens with one attached hydrogen (secondary N) is 1. The molecule has 2 atom stereocenters. The van der Waals surface area contributed by atoms with Crippen molar-refractivity contribution in [1.82, 2.24) is 29.6 Å². The van der Waals surface area contributed by atoms with Gasteiger partial charge in [0.05, 0.1) is 10.9 Å². The molecule has 3 fully saturated rings. The van der Waals surface area contributed by atoms with Crippen molar-refractivity contribution in [2.24, 2.45) is 0 Å². The highest BCUT2D eigenvalue weighted by atomic mass is 19.3. The Labute approximate surface area is 177 Å². The van der Waals surface area contributed by atoms with E-state index in [0.717, 1.165) is 37.6 Å². The summed E-state index contributed by atoms with van der Waals surface area (Å²) in [6, 6.07) is 4.14. The molecular formula is C20H22F2N8O. The van der Waals surface area contributed by atoms with Crippen LogP contribution in [0.25, 0.3) is 16.7 Å². The highest BCUT2D eigenvalue weighted by Gasteiger charge is 2.43. The summed E-state index contributed by atoms with van der Waals surface area (Å²) in [6.45, 7) is 3.81. The largest absolute Gasteiger partial charge is 0.351 e. The van der Waals surface area contributed by atoms with E-state index < -0.39 is 11.7 Å². The zero-order valence-electron chi connectivity index (χ0n) is 17.4. The Balaban J connectivity index is 1.63. The highest BCUT2D eigenvalue weighted by molar-refractivity contribution is 5.95. The number of hydrogen-bond acceptors (Lipinski definition) is 7. The summed E-state index contributed by atoms with van der Waals surface area (Å²) < 4.78 is 29.2. The third-order valence-electron chi connectivity index (χ3n) is 5.96. The number of rotatable bonds is 4. The molecule has 6 heterocycles. The van der Waals surface area contributed by atoms with Crippen LogP contribution in [-0.4, -0.2) is 67.8 Å². The number of nitrogens with zero attached hydrogens (tertiary/aromatic N) is 7. The molecule has 3 aromatic rings. The Bertz CT molecular complexity index is 1160. The number of halogens is 2. The fourth-order valence-corrected chi connectivity index (χ4v) is 4.30. The number of carbonyl (C=O) groups excluding carboxylic acids is 1. The number of likely N-dealkylation sites (N-methyl/N-ethyl adjacent to an activating group) is 1. The van der Waals surface area contributed by atoms with Crippen LogP contribution in [0.2, 0.25) is 0 Å². The van der Waals surface area contributed by atoms with Gasteiger partial charge in [-0.1, -0.05) is 0 Å². The lowest BCUT2D eigenvalue weighted by atomic mass is 9.88. The maximum Gasteiger partial charge on any atom is 0.303 e. The second kappa shape index (κ2) is 6.91. The fourth-order valence-electron chi connectivity index (χ4n) is 4.30. The summed E-state index contributed by atoms with van der Waals surface area (Å²) in [5.41, 5.74) is 0.616. The van der Waals surface area contributed by atoms with E-state index in [9.17, 15) is 13.6 Å². The van der Waals surface area contributed by atoms with Gasteiger partial charge in [0.15, 0.2) is 11.6 Å². The molecule has 11 heteroatoms. The molecule has 1 amide bonds. The minimum atomic E-state index is -3.18. The summed E-state index contributed by atoms with van der Waals surface area (Å²) in [5, 5.41) is 8.16. The van der Waals surface area contributed by atoms with E-state index >= 15 is 0 Å². The maximum absolute atomic E-state index is 13.8. The molecule has 1 N–H and O–H groups in total. The van der Waals surface area contributed by atoms with Crippen molar-refractivity contribution in [3.8, 4) is 5.82 Å². The van der Waals surface area contributed by atoms with E-state index in [4.69, 9.17) is 5.10 Å². The summed E-state index contributed by atoms with van der Waals surface area (Å²) in [4.78, 5) is 28.2. The van der Waals surface area contributed by atoms with Gasteiger partial charge in [0.2, 0.25) is 11.7 Å². The van der Waals surface area contributed by atoms with Crippen molar-refractivity contribution in [1.29, 1.82) is 0 Å². The van der Waals surface area contributed by atoms with Gasteiger partial charge in [-0.15, -0.1) is 5.10 Å². The van der Waals surface area contributed by atoms with Crippen LogP contribution < -0.4 is 10.2 Å². The van der Waals surface area contributed by atoms with Crippen LogP contribution in [0.1, 0.15) is 26.1 Å². The number of fused-ring (bicyclic) bond motifs is 3. The number of anilines is 2. The molecule has 0 aromatic carbocycles. The van der Waals surface area contributed by atoms with Crippen molar-refractivity contribution < 1.29 is 13.6 Å². The predicted octanol–water partition coefficient (Wildman–Crippen LogP) is 2.17. The Morgan fingerprint density at radius 3 is 2.65 bits per heavy atom. The average Bonchev–Trinajstić information content (AvgIpc) is 3.11. The van der Waals surface area contributed by atoms with Crippen molar-refractivity contribution in [2.75, 3.05) is 30.4 Å². The molecule has 31 heavy (non-hydrogen) atoms. The maximum atomic E-state index is 13.8. The first-order valence-corrected chi connectivity index (χ1v) is 10.1. The zero-order chi connectivity index (χ0) is 21.9. The van der Waals surface area contributed by atoms with Crippen LogP contribution in [0.4, 0.5) is 20.4 Å². The first kappa shape index (κ1) is 19.7. The molecule has 3 aliphatic rings. The Hall–Kier alpha value is -3.21. The molecule has 0 saturated carbocycles. The number of amides is 1. The molecule has 2 bridgehead atoms. The fraction of sp³-hybridized carbons (Fsp3) is 0.450. The van der Waals surface area contributed by atoms with Gasteiger partial charge < -0.3 is 10.2 Å². The van der Waals surface area contributed by atoms with Crippen molar-refractivity contribution in [2.45, 2.75) is 38.3 Å². The summed E-state index contributed by atoms with van der Waals surface area (Å²) in [5.74, 6) is -2.71. The average molecular weight is 428 g/mol. The molecule has 6 rings (SSSR count). The van der Waals surface area contributed by atoms with Crippen molar-refractivity contribution in [3.63, 3.8) is 0 Å². The Morgan fingerprint density at radius 1 is 1.26 bits per heavy atom. The lowest BCUT2D eigenvalue weighted by Crippen LogP contribution is -2.67. The molecule has 0 aliphatic carbocycles. The lowest BCUT2D eigenvalue weighted by Gasteiger charge is -2.55. The third-order valence-corrected chi connectivity index (χ3v) is 5.96. The highest BCUT2D eigenvalue weighted by Crippen LogP contribution is 2.36. The number of pyridine rings is 1. The van der Waals surface area contributed by atoms with Gasteiger partial charge in [-0.05, 0) is 13.5 Å². The van der Waals surface area contributed by atoms with Crippen LogP contribution in [0.3, 0.4) is 0 Å². The molecule has 0 radical (unpaired) electrons. The lowest BCUT2D eigenvalue weighted by molar-refractivity contribution is -0.114. The quantitative estimate of drug-likeness (QED) is 0.681. The second-order valence-electron chi connectivity index (χ2n) is 8.24. The third kappa shape index (κ3) is 3.38. The van der Waals surface area contributed by atoms with Crippen LogP contribution >= 0.6 is 0 Å². The number of hydrogen-bond donors (Lipinski definition) is 1. The van der Waals surface area contributed by atoms with Gasteiger partial charge >= 0.3 is 5.92 Å². The van der Waals surface area contributed by atoms with Gasteiger partial charge in [-0.25, -0.2) is 19.6 Å². The van der Waals surface area contributed by atoms with Crippen molar-refractivity contribution >= 4 is 28.4 Å². The minimum absolute atomic E-state index is 0.224. The predicted molar refractivity (Wildman–Crippen MR) is 110 cm³/mol. The number of alkyl halides is 2. The normalized spacial score (nSPS) is 21.3. The summed E-state index contributed by atoms with van der Waals surface area (Å²) in [7, 11) is 2.13. The van der Waals surface area contributed by atoms with Gasteiger partial charge in [0.1, 0.15) is 5.82 Å².